The molecule has 6 nitrogen and oxygen atoms in total. The summed E-state index contributed by atoms with van der Waals surface area (Å²) in [6.45, 7) is -0.453. The van der Waals surface area contributed by atoms with Crippen LogP contribution in [0, 0.1) is 0 Å². The normalized spacial score (nSPS) is 16.2. The highest BCUT2D eigenvalue weighted by molar-refractivity contribution is 9.10. The maximum absolute atomic E-state index is 12.2. The van der Waals surface area contributed by atoms with Crippen LogP contribution in [-0.4, -0.2) is 37.9 Å². The van der Waals surface area contributed by atoms with Crippen molar-refractivity contribution in [1.82, 2.24) is 10.1 Å². The van der Waals surface area contributed by atoms with Crippen LogP contribution >= 0.6 is 39.9 Å². The van der Waals surface area contributed by atoms with Gasteiger partial charge in [0.2, 0.25) is 0 Å². The molecular formula is C15H9BrN2O4S2. The predicted octanol–water partition coefficient (Wildman–Crippen LogP) is 3.39. The van der Waals surface area contributed by atoms with E-state index < -0.39 is 18.4 Å². The van der Waals surface area contributed by atoms with Crippen molar-refractivity contribution < 1.29 is 19.2 Å². The first kappa shape index (κ1) is 16.9. The number of nitrogens with zero attached hydrogens (tertiary/aromatic N) is 2. The number of carboxylic acids is 1. The van der Waals surface area contributed by atoms with Gasteiger partial charge in [-0.05, 0) is 18.2 Å². The molecule has 0 aliphatic carbocycles. The molecule has 1 fully saturated rings. The van der Waals surface area contributed by atoms with Gasteiger partial charge >= 0.3 is 5.97 Å². The molecule has 1 N–H and O–H groups in total. The smallest absolute Gasteiger partial charge is 0.323 e. The van der Waals surface area contributed by atoms with E-state index in [1.54, 1.807) is 6.07 Å². The average molecular weight is 425 g/mol. The highest BCUT2D eigenvalue weighted by Gasteiger charge is 2.33. The minimum atomic E-state index is -1.12. The summed E-state index contributed by atoms with van der Waals surface area (Å²) in [4.78, 5) is 24.3. The Hall–Kier alpha value is -1.97. The molecule has 1 aromatic carbocycles. The predicted molar refractivity (Wildman–Crippen MR) is 97.2 cm³/mol. The van der Waals surface area contributed by atoms with Crippen molar-refractivity contribution >= 4 is 62.2 Å². The molecule has 1 amide bonds. The lowest BCUT2D eigenvalue weighted by Gasteiger charge is -2.09. The van der Waals surface area contributed by atoms with E-state index in [0.29, 0.717) is 16.4 Å². The third-order valence-corrected chi connectivity index (χ3v) is 5.01. The lowest BCUT2D eigenvalue weighted by Crippen LogP contribution is -2.33. The fraction of sp³-hybridized carbons (Fsp3) is 0.0667. The van der Waals surface area contributed by atoms with E-state index in [0.717, 1.165) is 26.7 Å². The average Bonchev–Trinajstić information content (AvgIpc) is 3.09. The van der Waals surface area contributed by atoms with Crippen LogP contribution < -0.4 is 0 Å². The van der Waals surface area contributed by atoms with Crippen molar-refractivity contribution in [3.63, 3.8) is 0 Å². The molecule has 2 heterocycles. The maximum Gasteiger partial charge on any atom is 0.323 e. The SMILES string of the molecule is O=C(O)CN1C(=O)C(=Cc2cc(-c3ccc(Br)cc3)on2)SC1=S. The van der Waals surface area contributed by atoms with Crippen LogP contribution in [0.4, 0.5) is 0 Å². The summed E-state index contributed by atoms with van der Waals surface area (Å²) in [5.74, 6) is -0.998. The fourth-order valence-corrected chi connectivity index (χ4v) is 3.52. The Morgan fingerprint density at radius 1 is 1.42 bits per heavy atom. The summed E-state index contributed by atoms with van der Waals surface area (Å²) in [6, 6.07) is 9.22. The maximum atomic E-state index is 12.2. The van der Waals surface area contributed by atoms with E-state index in [4.69, 9.17) is 21.8 Å². The Morgan fingerprint density at radius 3 is 2.79 bits per heavy atom. The first-order valence-corrected chi connectivity index (χ1v) is 8.65. The van der Waals surface area contributed by atoms with Crippen LogP contribution in [0.1, 0.15) is 5.69 Å². The van der Waals surface area contributed by atoms with Crippen LogP contribution in [0.2, 0.25) is 0 Å². The molecule has 3 rings (SSSR count). The number of aromatic nitrogens is 1. The molecule has 2 aromatic rings. The molecule has 0 unspecified atom stereocenters. The summed E-state index contributed by atoms with van der Waals surface area (Å²) in [5, 5.41) is 12.7. The van der Waals surface area contributed by atoms with Crippen molar-refractivity contribution in [2.24, 2.45) is 0 Å². The Balaban J connectivity index is 1.82. The van der Waals surface area contributed by atoms with Gasteiger partial charge in [-0.25, -0.2) is 0 Å². The van der Waals surface area contributed by atoms with Gasteiger partial charge in [0.25, 0.3) is 5.91 Å². The van der Waals surface area contributed by atoms with E-state index in [1.165, 1.54) is 6.08 Å². The minimum Gasteiger partial charge on any atom is -0.480 e. The molecule has 9 heteroatoms. The first-order valence-electron chi connectivity index (χ1n) is 6.64. The number of thioether (sulfide) groups is 1. The Bertz CT molecular complexity index is 861. The molecule has 1 aromatic heterocycles. The summed E-state index contributed by atoms with van der Waals surface area (Å²) in [6.07, 6.45) is 1.53. The third kappa shape index (κ3) is 3.58. The molecule has 1 saturated heterocycles. The van der Waals surface area contributed by atoms with Gasteiger partial charge in [0.1, 0.15) is 16.6 Å². The van der Waals surface area contributed by atoms with E-state index in [-0.39, 0.29) is 4.32 Å². The Morgan fingerprint density at radius 2 is 2.12 bits per heavy atom. The summed E-state index contributed by atoms with van der Waals surface area (Å²) in [5.41, 5.74) is 1.31. The van der Waals surface area contributed by atoms with E-state index in [9.17, 15) is 9.59 Å². The number of hydrogen-bond acceptors (Lipinski definition) is 6. The van der Waals surface area contributed by atoms with Crippen LogP contribution in [0.25, 0.3) is 17.4 Å². The van der Waals surface area contributed by atoms with Crippen LogP contribution in [0.5, 0.6) is 0 Å². The van der Waals surface area contributed by atoms with Crippen molar-refractivity contribution in [3.05, 3.63) is 45.4 Å². The van der Waals surface area contributed by atoms with E-state index >= 15 is 0 Å². The first-order chi connectivity index (χ1) is 11.4. The second-order valence-electron chi connectivity index (χ2n) is 4.78. The quantitative estimate of drug-likeness (QED) is 0.594. The van der Waals surface area contributed by atoms with Crippen molar-refractivity contribution in [3.8, 4) is 11.3 Å². The molecule has 0 radical (unpaired) electrons. The number of aliphatic carboxylic acids is 1. The zero-order valence-corrected chi connectivity index (χ0v) is 15.2. The molecule has 24 heavy (non-hydrogen) atoms. The van der Waals surface area contributed by atoms with Crippen molar-refractivity contribution in [2.45, 2.75) is 0 Å². The number of carboxylic acid groups (broad SMARTS) is 1. The molecule has 0 spiro atoms. The topological polar surface area (TPSA) is 83.6 Å². The Labute approximate surface area is 154 Å². The number of hydrogen-bond donors (Lipinski definition) is 1. The highest BCUT2D eigenvalue weighted by atomic mass is 79.9. The zero-order valence-electron chi connectivity index (χ0n) is 11.9. The molecule has 1 aliphatic heterocycles. The van der Waals surface area contributed by atoms with Crippen LogP contribution in [-0.2, 0) is 9.59 Å². The molecular weight excluding hydrogens is 416 g/mol. The number of carbonyl (C=O) groups is 2. The third-order valence-electron chi connectivity index (χ3n) is 3.10. The van der Waals surface area contributed by atoms with Gasteiger partial charge in [-0.1, -0.05) is 57.2 Å². The minimum absolute atomic E-state index is 0.213. The number of carbonyl (C=O) groups excluding carboxylic acids is 1. The van der Waals surface area contributed by atoms with Crippen molar-refractivity contribution in [2.75, 3.05) is 6.54 Å². The number of amides is 1. The Kier molecular flexibility index (Phi) is 4.83. The summed E-state index contributed by atoms with van der Waals surface area (Å²) in [7, 11) is 0. The number of thiocarbonyl (C=S) groups is 1. The van der Waals surface area contributed by atoms with E-state index in [2.05, 4.69) is 21.1 Å². The van der Waals surface area contributed by atoms with Gasteiger partial charge in [0, 0.05) is 16.1 Å². The standard InChI is InChI=1S/C15H9BrN2O4S2/c16-9-3-1-8(2-4-9)11-5-10(17-22-11)6-12-14(21)18(7-13(19)20)15(23)24-12/h1-6H,7H2,(H,19,20). The number of benzene rings is 1. The summed E-state index contributed by atoms with van der Waals surface area (Å²) < 4.78 is 6.45. The van der Waals surface area contributed by atoms with Crippen LogP contribution in [0.3, 0.4) is 0 Å². The van der Waals surface area contributed by atoms with E-state index in [1.807, 2.05) is 24.3 Å². The fourth-order valence-electron chi connectivity index (χ4n) is 2.01. The van der Waals surface area contributed by atoms with Gasteiger partial charge in [-0.2, -0.15) is 0 Å². The molecule has 0 saturated carbocycles. The number of rotatable bonds is 4. The summed E-state index contributed by atoms with van der Waals surface area (Å²) >= 11 is 9.44. The van der Waals surface area contributed by atoms with Gasteiger partial charge < -0.3 is 9.63 Å². The van der Waals surface area contributed by atoms with Crippen LogP contribution in [0.15, 0.2) is 44.2 Å². The number of halogens is 1. The second-order valence-corrected chi connectivity index (χ2v) is 7.38. The molecule has 0 bridgehead atoms. The van der Waals surface area contributed by atoms with Gasteiger partial charge in [-0.3, -0.25) is 14.5 Å². The monoisotopic (exact) mass is 424 g/mol. The molecule has 122 valence electrons. The lowest BCUT2D eigenvalue weighted by atomic mass is 10.1. The van der Waals surface area contributed by atoms with Crippen molar-refractivity contribution in [1.29, 1.82) is 0 Å². The highest BCUT2D eigenvalue weighted by Crippen LogP contribution is 2.33. The molecule has 1 aliphatic rings. The lowest BCUT2D eigenvalue weighted by molar-refractivity contribution is -0.140. The van der Waals surface area contributed by atoms with Gasteiger partial charge in [0.15, 0.2) is 5.76 Å². The van der Waals surface area contributed by atoms with Gasteiger partial charge in [-0.15, -0.1) is 0 Å². The van der Waals surface area contributed by atoms with Gasteiger partial charge in [0.05, 0.1) is 4.91 Å². The largest absolute Gasteiger partial charge is 0.480 e. The second kappa shape index (κ2) is 6.88. The molecule has 0 atom stereocenters. The zero-order chi connectivity index (χ0) is 17.3.